The van der Waals surface area contributed by atoms with Crippen molar-refractivity contribution in [3.63, 3.8) is 0 Å². The van der Waals surface area contributed by atoms with Gasteiger partial charge in [0.2, 0.25) is 0 Å². The van der Waals surface area contributed by atoms with E-state index in [1.165, 1.54) is 11.1 Å². The highest BCUT2D eigenvalue weighted by Gasteiger charge is 2.43. The molecule has 3 rings (SSSR count). The van der Waals surface area contributed by atoms with Crippen molar-refractivity contribution in [1.29, 1.82) is 0 Å². The van der Waals surface area contributed by atoms with E-state index >= 15 is 0 Å². The van der Waals surface area contributed by atoms with Gasteiger partial charge in [-0.1, -0.05) is 53.5 Å². The summed E-state index contributed by atoms with van der Waals surface area (Å²) in [5, 5.41) is 12.0. The van der Waals surface area contributed by atoms with Crippen LogP contribution in [-0.2, 0) is 12.8 Å². The Kier molecular flexibility index (Phi) is 3.98. The second-order valence-electron chi connectivity index (χ2n) is 5.76. The molecule has 0 saturated heterocycles. The Hall–Kier alpha value is -1.06. The molecule has 0 radical (unpaired) electrons. The van der Waals surface area contributed by atoms with Crippen LogP contribution in [0.25, 0.3) is 0 Å². The minimum atomic E-state index is -0.709. The summed E-state index contributed by atoms with van der Waals surface area (Å²) in [6.07, 6.45) is 0.819. The maximum Gasteiger partial charge on any atom is 0.0879 e. The van der Waals surface area contributed by atoms with Gasteiger partial charge in [-0.3, -0.25) is 0 Å². The molecule has 4 heteroatoms. The lowest BCUT2D eigenvalue weighted by Crippen LogP contribution is -2.37. The molecule has 110 valence electrons. The van der Waals surface area contributed by atoms with Crippen molar-refractivity contribution in [2.45, 2.75) is 18.9 Å². The first-order chi connectivity index (χ1) is 10.1. The highest BCUT2D eigenvalue weighted by molar-refractivity contribution is 6.35. The van der Waals surface area contributed by atoms with Crippen molar-refractivity contribution < 1.29 is 5.11 Å². The fourth-order valence-corrected chi connectivity index (χ4v) is 3.74. The maximum atomic E-state index is 10.9. The maximum absolute atomic E-state index is 10.9. The molecular formula is C17H17Cl2NO. The Labute approximate surface area is 134 Å². The summed E-state index contributed by atoms with van der Waals surface area (Å²) < 4.78 is 0. The first-order valence-corrected chi connectivity index (χ1v) is 7.71. The van der Waals surface area contributed by atoms with E-state index in [1.54, 1.807) is 18.2 Å². The van der Waals surface area contributed by atoms with E-state index in [0.29, 0.717) is 22.2 Å². The Bertz CT molecular complexity index is 647. The van der Waals surface area contributed by atoms with Crippen molar-refractivity contribution in [2.75, 3.05) is 6.54 Å². The van der Waals surface area contributed by atoms with E-state index < -0.39 is 11.5 Å². The van der Waals surface area contributed by atoms with Crippen molar-refractivity contribution in [1.82, 2.24) is 0 Å². The van der Waals surface area contributed by atoms with Crippen LogP contribution in [0.2, 0.25) is 10.0 Å². The van der Waals surface area contributed by atoms with Gasteiger partial charge in [0.05, 0.1) is 6.10 Å². The number of halogens is 2. The van der Waals surface area contributed by atoms with Gasteiger partial charge >= 0.3 is 0 Å². The molecule has 0 aromatic heterocycles. The molecule has 2 aromatic rings. The molecular weight excluding hydrogens is 305 g/mol. The van der Waals surface area contributed by atoms with Gasteiger partial charge in [-0.25, -0.2) is 0 Å². The van der Waals surface area contributed by atoms with Gasteiger partial charge in [-0.05, 0) is 41.7 Å². The molecule has 0 heterocycles. The van der Waals surface area contributed by atoms with Crippen LogP contribution in [0, 0.1) is 5.41 Å². The number of hydrogen-bond donors (Lipinski definition) is 2. The second kappa shape index (κ2) is 5.62. The molecule has 2 aromatic carbocycles. The van der Waals surface area contributed by atoms with Gasteiger partial charge in [-0.2, -0.15) is 0 Å². The SMILES string of the molecule is NCC1(C(O)c2ccc(Cl)cc2Cl)Cc2ccccc2C1. The van der Waals surface area contributed by atoms with Gasteiger partial charge in [0.15, 0.2) is 0 Å². The molecule has 1 atom stereocenters. The number of fused-ring (bicyclic) bond motifs is 1. The highest BCUT2D eigenvalue weighted by Crippen LogP contribution is 2.46. The lowest BCUT2D eigenvalue weighted by Gasteiger charge is -2.33. The van der Waals surface area contributed by atoms with Gasteiger partial charge in [0.25, 0.3) is 0 Å². The third kappa shape index (κ3) is 2.58. The van der Waals surface area contributed by atoms with E-state index in [-0.39, 0.29) is 0 Å². The summed E-state index contributed by atoms with van der Waals surface area (Å²) >= 11 is 12.2. The van der Waals surface area contributed by atoms with Crippen LogP contribution < -0.4 is 5.73 Å². The van der Waals surface area contributed by atoms with Gasteiger partial charge < -0.3 is 10.8 Å². The number of rotatable bonds is 3. The molecule has 1 aliphatic carbocycles. The molecule has 21 heavy (non-hydrogen) atoms. The van der Waals surface area contributed by atoms with Gasteiger partial charge in [0, 0.05) is 22.0 Å². The summed E-state index contributed by atoms with van der Waals surface area (Å²) in [5.74, 6) is 0. The lowest BCUT2D eigenvalue weighted by molar-refractivity contribution is 0.0359. The number of aliphatic hydroxyl groups is 1. The molecule has 2 nitrogen and oxygen atoms in total. The van der Waals surface area contributed by atoms with Gasteiger partial charge in [0.1, 0.15) is 0 Å². The monoisotopic (exact) mass is 321 g/mol. The van der Waals surface area contributed by atoms with Crippen molar-refractivity contribution >= 4 is 23.2 Å². The molecule has 0 amide bonds. The van der Waals surface area contributed by atoms with Crippen LogP contribution in [0.1, 0.15) is 22.8 Å². The Morgan fingerprint density at radius 3 is 2.24 bits per heavy atom. The molecule has 1 unspecified atom stereocenters. The molecule has 3 N–H and O–H groups in total. The first-order valence-electron chi connectivity index (χ1n) is 6.95. The summed E-state index contributed by atoms with van der Waals surface area (Å²) in [4.78, 5) is 0. The smallest absolute Gasteiger partial charge is 0.0879 e. The second-order valence-corrected chi connectivity index (χ2v) is 6.60. The number of hydrogen-bond acceptors (Lipinski definition) is 2. The highest BCUT2D eigenvalue weighted by atomic mass is 35.5. The molecule has 1 aliphatic rings. The Morgan fingerprint density at radius 1 is 1.10 bits per heavy atom. The minimum absolute atomic E-state index is 0.402. The molecule has 0 aliphatic heterocycles. The molecule has 0 spiro atoms. The zero-order chi connectivity index (χ0) is 15.0. The van der Waals surface area contributed by atoms with E-state index in [9.17, 15) is 5.11 Å². The van der Waals surface area contributed by atoms with Crippen LogP contribution in [-0.4, -0.2) is 11.7 Å². The number of nitrogens with two attached hydrogens (primary N) is 1. The Balaban J connectivity index is 1.98. The topological polar surface area (TPSA) is 46.2 Å². The normalized spacial score (nSPS) is 17.5. The molecule has 0 saturated carbocycles. The minimum Gasteiger partial charge on any atom is -0.388 e. The van der Waals surface area contributed by atoms with E-state index in [2.05, 4.69) is 12.1 Å². The first kappa shape index (κ1) is 14.9. The van der Waals surface area contributed by atoms with Crippen LogP contribution in [0.5, 0.6) is 0 Å². The number of aliphatic hydroxyl groups excluding tert-OH is 1. The zero-order valence-electron chi connectivity index (χ0n) is 11.5. The van der Waals surface area contributed by atoms with E-state index in [4.69, 9.17) is 28.9 Å². The standard InChI is InChI=1S/C17H17Cl2NO/c18-13-5-6-14(15(19)7-13)16(21)17(10-20)8-11-3-1-2-4-12(11)9-17/h1-7,16,21H,8-10,20H2. The predicted molar refractivity (Wildman–Crippen MR) is 86.8 cm³/mol. The van der Waals surface area contributed by atoms with E-state index in [1.807, 2.05) is 12.1 Å². The third-order valence-corrected chi connectivity index (χ3v) is 5.01. The lowest BCUT2D eigenvalue weighted by atomic mass is 9.76. The fourth-order valence-electron chi connectivity index (χ4n) is 3.23. The summed E-state index contributed by atoms with van der Waals surface area (Å²) in [5.41, 5.74) is 8.84. The summed E-state index contributed by atoms with van der Waals surface area (Å²) in [7, 11) is 0. The van der Waals surface area contributed by atoms with Crippen LogP contribution in [0.4, 0.5) is 0 Å². The van der Waals surface area contributed by atoms with Crippen molar-refractivity contribution in [3.8, 4) is 0 Å². The third-order valence-electron chi connectivity index (χ3n) is 4.45. The average Bonchev–Trinajstić information content (AvgIpc) is 2.86. The summed E-state index contributed by atoms with van der Waals surface area (Å²) in [6.45, 7) is 0.405. The number of benzene rings is 2. The van der Waals surface area contributed by atoms with E-state index in [0.717, 1.165) is 12.8 Å². The Morgan fingerprint density at radius 2 is 1.71 bits per heavy atom. The molecule has 0 fully saturated rings. The van der Waals surface area contributed by atoms with Gasteiger partial charge in [-0.15, -0.1) is 0 Å². The largest absolute Gasteiger partial charge is 0.388 e. The van der Waals surface area contributed by atoms with Crippen LogP contribution in [0.15, 0.2) is 42.5 Å². The molecule has 0 bridgehead atoms. The quantitative estimate of drug-likeness (QED) is 0.903. The fraction of sp³-hybridized carbons (Fsp3) is 0.294. The van der Waals surface area contributed by atoms with Crippen LogP contribution >= 0.6 is 23.2 Å². The van der Waals surface area contributed by atoms with Crippen molar-refractivity contribution in [2.24, 2.45) is 11.1 Å². The summed E-state index contributed by atoms with van der Waals surface area (Å²) in [6, 6.07) is 13.4. The van der Waals surface area contributed by atoms with Crippen molar-refractivity contribution in [3.05, 3.63) is 69.2 Å². The average molecular weight is 322 g/mol. The van der Waals surface area contributed by atoms with Crippen LogP contribution in [0.3, 0.4) is 0 Å². The predicted octanol–water partition coefficient (Wildman–Crippen LogP) is 3.77. The zero-order valence-corrected chi connectivity index (χ0v) is 13.0.